The van der Waals surface area contributed by atoms with Crippen LogP contribution < -0.4 is 10.1 Å². The number of ether oxygens (including phenoxy) is 2. The molecule has 114 valence electrons. The number of hydrogen-bond acceptors (Lipinski definition) is 4. The molecule has 0 saturated carbocycles. The number of nitrogens with one attached hydrogen (secondary N) is 1. The molecular formula is C16H28N2O2. The van der Waals surface area contributed by atoms with Crippen molar-refractivity contribution < 1.29 is 9.47 Å². The summed E-state index contributed by atoms with van der Waals surface area (Å²) >= 11 is 0. The molecule has 1 N–H and O–H groups in total. The smallest absolute Gasteiger partial charge is 0.213 e. The third-order valence-electron chi connectivity index (χ3n) is 2.78. The van der Waals surface area contributed by atoms with Gasteiger partial charge in [0, 0.05) is 18.3 Å². The molecule has 20 heavy (non-hydrogen) atoms. The van der Waals surface area contributed by atoms with Crippen molar-refractivity contribution in [3.05, 3.63) is 23.4 Å². The fourth-order valence-electron chi connectivity index (χ4n) is 1.73. The van der Waals surface area contributed by atoms with Crippen LogP contribution >= 0.6 is 0 Å². The summed E-state index contributed by atoms with van der Waals surface area (Å²) in [6.07, 6.45) is 1.14. The van der Waals surface area contributed by atoms with Gasteiger partial charge in [-0.3, -0.25) is 0 Å². The lowest BCUT2D eigenvalue weighted by atomic mass is 10.2. The number of aromatic nitrogens is 1. The van der Waals surface area contributed by atoms with E-state index in [0.29, 0.717) is 19.1 Å². The lowest BCUT2D eigenvalue weighted by molar-refractivity contribution is -0.0168. The molecule has 1 rings (SSSR count). The van der Waals surface area contributed by atoms with Crippen LogP contribution in [-0.4, -0.2) is 30.3 Å². The number of pyridine rings is 1. The Kier molecular flexibility index (Phi) is 6.96. The second-order valence-corrected chi connectivity index (χ2v) is 5.88. The summed E-state index contributed by atoms with van der Waals surface area (Å²) < 4.78 is 11.2. The first kappa shape index (κ1) is 16.9. The Labute approximate surface area is 122 Å². The summed E-state index contributed by atoms with van der Waals surface area (Å²) in [7, 11) is 0. The fraction of sp³-hybridized carbons (Fsp3) is 0.688. The van der Waals surface area contributed by atoms with Gasteiger partial charge in [-0.05, 0) is 46.2 Å². The fourth-order valence-corrected chi connectivity index (χ4v) is 1.73. The van der Waals surface area contributed by atoms with Crippen molar-refractivity contribution >= 4 is 0 Å². The van der Waals surface area contributed by atoms with Gasteiger partial charge in [-0.15, -0.1) is 0 Å². The van der Waals surface area contributed by atoms with Crippen LogP contribution in [0.3, 0.4) is 0 Å². The van der Waals surface area contributed by atoms with Crippen molar-refractivity contribution in [2.24, 2.45) is 0 Å². The Morgan fingerprint density at radius 3 is 2.55 bits per heavy atom. The standard InChI is InChI=1S/C16H28N2O2/c1-6-9-17-12-14-7-8-15(18-13(14)2)19-10-11-20-16(3,4)5/h7-8,17H,6,9-12H2,1-5H3. The highest BCUT2D eigenvalue weighted by molar-refractivity contribution is 5.24. The molecule has 4 heteroatoms. The van der Waals surface area contributed by atoms with Gasteiger partial charge in [0.1, 0.15) is 6.61 Å². The van der Waals surface area contributed by atoms with Gasteiger partial charge in [0.2, 0.25) is 5.88 Å². The van der Waals surface area contributed by atoms with Crippen LogP contribution in [0.1, 0.15) is 45.4 Å². The molecule has 0 saturated heterocycles. The lowest BCUT2D eigenvalue weighted by Crippen LogP contribution is -2.22. The summed E-state index contributed by atoms with van der Waals surface area (Å²) in [5, 5.41) is 3.38. The normalized spacial score (nSPS) is 11.7. The number of aryl methyl sites for hydroxylation is 1. The van der Waals surface area contributed by atoms with Gasteiger partial charge in [0.05, 0.1) is 12.2 Å². The van der Waals surface area contributed by atoms with Gasteiger partial charge in [0.25, 0.3) is 0 Å². The molecule has 1 aromatic rings. The third-order valence-corrected chi connectivity index (χ3v) is 2.78. The summed E-state index contributed by atoms with van der Waals surface area (Å²) in [4.78, 5) is 4.47. The maximum absolute atomic E-state index is 5.61. The van der Waals surface area contributed by atoms with Gasteiger partial charge in [-0.2, -0.15) is 0 Å². The van der Waals surface area contributed by atoms with E-state index < -0.39 is 0 Å². The minimum absolute atomic E-state index is 0.124. The average Bonchev–Trinajstić information content (AvgIpc) is 2.36. The molecular weight excluding hydrogens is 252 g/mol. The molecule has 0 atom stereocenters. The van der Waals surface area contributed by atoms with E-state index in [1.165, 1.54) is 5.56 Å². The summed E-state index contributed by atoms with van der Waals surface area (Å²) in [5.41, 5.74) is 2.11. The number of rotatable bonds is 8. The van der Waals surface area contributed by atoms with Crippen LogP contribution in [0.15, 0.2) is 12.1 Å². The van der Waals surface area contributed by atoms with E-state index in [9.17, 15) is 0 Å². The second-order valence-electron chi connectivity index (χ2n) is 5.88. The van der Waals surface area contributed by atoms with Crippen LogP contribution in [-0.2, 0) is 11.3 Å². The van der Waals surface area contributed by atoms with Crippen LogP contribution in [0.4, 0.5) is 0 Å². The predicted molar refractivity (Wildman–Crippen MR) is 82.2 cm³/mol. The molecule has 1 heterocycles. The first-order valence-electron chi connectivity index (χ1n) is 7.36. The average molecular weight is 280 g/mol. The van der Waals surface area contributed by atoms with Crippen molar-refractivity contribution in [1.29, 1.82) is 0 Å². The van der Waals surface area contributed by atoms with Crippen molar-refractivity contribution in [1.82, 2.24) is 10.3 Å². The highest BCUT2D eigenvalue weighted by atomic mass is 16.5. The van der Waals surface area contributed by atoms with Crippen molar-refractivity contribution in [3.8, 4) is 5.88 Å². The van der Waals surface area contributed by atoms with Gasteiger partial charge < -0.3 is 14.8 Å². The van der Waals surface area contributed by atoms with Gasteiger partial charge in [0.15, 0.2) is 0 Å². The number of hydrogen-bond donors (Lipinski definition) is 1. The zero-order valence-electron chi connectivity index (χ0n) is 13.5. The first-order chi connectivity index (χ1) is 9.42. The van der Waals surface area contributed by atoms with Gasteiger partial charge in [-0.1, -0.05) is 13.0 Å². The Bertz CT molecular complexity index is 400. The van der Waals surface area contributed by atoms with Gasteiger partial charge in [-0.25, -0.2) is 4.98 Å². The summed E-state index contributed by atoms with van der Waals surface area (Å²) in [6, 6.07) is 4.00. The molecule has 1 aromatic heterocycles. The highest BCUT2D eigenvalue weighted by Gasteiger charge is 2.09. The summed E-state index contributed by atoms with van der Waals surface area (Å²) in [6.45, 7) is 13.3. The monoisotopic (exact) mass is 280 g/mol. The SMILES string of the molecule is CCCNCc1ccc(OCCOC(C)(C)C)nc1C. The molecule has 4 nitrogen and oxygen atoms in total. The van der Waals surface area contributed by atoms with Crippen LogP contribution in [0, 0.1) is 6.92 Å². The molecule has 0 spiro atoms. The Morgan fingerprint density at radius 1 is 1.20 bits per heavy atom. The Balaban J connectivity index is 2.39. The van der Waals surface area contributed by atoms with Crippen LogP contribution in [0.25, 0.3) is 0 Å². The molecule has 0 fully saturated rings. The second kappa shape index (κ2) is 8.22. The zero-order chi connectivity index (χ0) is 15.0. The maximum Gasteiger partial charge on any atom is 0.213 e. The van der Waals surface area contributed by atoms with E-state index in [2.05, 4.69) is 23.3 Å². The van der Waals surface area contributed by atoms with Crippen molar-refractivity contribution in [2.45, 2.75) is 53.2 Å². The topological polar surface area (TPSA) is 43.4 Å². The van der Waals surface area contributed by atoms with E-state index in [1.54, 1.807) is 0 Å². The molecule has 0 aliphatic heterocycles. The summed E-state index contributed by atoms with van der Waals surface area (Å²) in [5.74, 6) is 0.666. The van der Waals surface area contributed by atoms with E-state index in [0.717, 1.165) is 25.2 Å². The third kappa shape index (κ3) is 6.87. The quantitative estimate of drug-likeness (QED) is 0.743. The van der Waals surface area contributed by atoms with Crippen molar-refractivity contribution in [2.75, 3.05) is 19.8 Å². The van der Waals surface area contributed by atoms with E-state index in [-0.39, 0.29) is 5.60 Å². The molecule has 0 bridgehead atoms. The first-order valence-corrected chi connectivity index (χ1v) is 7.36. The van der Waals surface area contributed by atoms with E-state index >= 15 is 0 Å². The molecule has 0 aliphatic rings. The number of nitrogens with zero attached hydrogens (tertiary/aromatic N) is 1. The molecule has 0 aromatic carbocycles. The molecule has 0 unspecified atom stereocenters. The molecule has 0 amide bonds. The van der Waals surface area contributed by atoms with E-state index in [1.807, 2.05) is 33.8 Å². The lowest BCUT2D eigenvalue weighted by Gasteiger charge is -2.19. The minimum Gasteiger partial charge on any atom is -0.475 e. The van der Waals surface area contributed by atoms with E-state index in [4.69, 9.17) is 9.47 Å². The Hall–Kier alpha value is -1.13. The van der Waals surface area contributed by atoms with Crippen molar-refractivity contribution in [3.63, 3.8) is 0 Å². The predicted octanol–water partition coefficient (Wildman–Crippen LogP) is 3.08. The largest absolute Gasteiger partial charge is 0.475 e. The van der Waals surface area contributed by atoms with Crippen LogP contribution in [0.5, 0.6) is 5.88 Å². The Morgan fingerprint density at radius 2 is 1.95 bits per heavy atom. The molecule has 0 radical (unpaired) electrons. The van der Waals surface area contributed by atoms with Gasteiger partial charge >= 0.3 is 0 Å². The van der Waals surface area contributed by atoms with Crippen LogP contribution in [0.2, 0.25) is 0 Å². The maximum atomic E-state index is 5.61. The molecule has 0 aliphatic carbocycles. The minimum atomic E-state index is -0.124. The zero-order valence-corrected chi connectivity index (χ0v) is 13.5. The highest BCUT2D eigenvalue weighted by Crippen LogP contribution is 2.13.